The standard InChI is InChI=1S/C11H22O/c1-8(2)11(3,4)7-9-5-6-10(9)12/h8-10,12H,5-7H2,1-4H3. The van der Waals surface area contributed by atoms with Gasteiger partial charge >= 0.3 is 0 Å². The molecule has 1 rings (SSSR count). The van der Waals surface area contributed by atoms with E-state index in [1.807, 2.05) is 0 Å². The van der Waals surface area contributed by atoms with E-state index in [2.05, 4.69) is 27.7 Å². The molecule has 1 fully saturated rings. The summed E-state index contributed by atoms with van der Waals surface area (Å²) in [6, 6.07) is 0. The predicted molar refractivity (Wildman–Crippen MR) is 52.0 cm³/mol. The maximum atomic E-state index is 9.45. The van der Waals surface area contributed by atoms with Crippen LogP contribution in [0.3, 0.4) is 0 Å². The topological polar surface area (TPSA) is 20.2 Å². The maximum Gasteiger partial charge on any atom is 0.0568 e. The largest absolute Gasteiger partial charge is 0.393 e. The van der Waals surface area contributed by atoms with Gasteiger partial charge in [0.1, 0.15) is 0 Å². The van der Waals surface area contributed by atoms with Gasteiger partial charge in [-0.1, -0.05) is 27.7 Å². The first-order valence-corrected chi connectivity index (χ1v) is 5.11. The highest BCUT2D eigenvalue weighted by atomic mass is 16.3. The van der Waals surface area contributed by atoms with Gasteiger partial charge in [0.25, 0.3) is 0 Å². The van der Waals surface area contributed by atoms with Crippen LogP contribution in [0.1, 0.15) is 47.0 Å². The molecular weight excluding hydrogens is 148 g/mol. The minimum atomic E-state index is 0.00280. The van der Waals surface area contributed by atoms with E-state index in [1.54, 1.807) is 0 Å². The average Bonchev–Trinajstić information content (AvgIpc) is 1.97. The molecular formula is C11H22O. The molecule has 0 bridgehead atoms. The number of aliphatic hydroxyl groups is 1. The Morgan fingerprint density at radius 2 is 1.92 bits per heavy atom. The van der Waals surface area contributed by atoms with Gasteiger partial charge in [0.2, 0.25) is 0 Å². The van der Waals surface area contributed by atoms with E-state index in [9.17, 15) is 5.11 Å². The van der Waals surface area contributed by atoms with Crippen molar-refractivity contribution in [2.24, 2.45) is 17.3 Å². The molecule has 0 amide bonds. The highest BCUT2D eigenvalue weighted by molar-refractivity contribution is 4.86. The zero-order valence-corrected chi connectivity index (χ0v) is 8.80. The smallest absolute Gasteiger partial charge is 0.0568 e. The van der Waals surface area contributed by atoms with Crippen LogP contribution in [-0.2, 0) is 0 Å². The van der Waals surface area contributed by atoms with Crippen LogP contribution in [0, 0.1) is 17.3 Å². The lowest BCUT2D eigenvalue weighted by Crippen LogP contribution is -2.36. The minimum Gasteiger partial charge on any atom is -0.393 e. The summed E-state index contributed by atoms with van der Waals surface area (Å²) in [5.74, 6) is 1.30. The summed E-state index contributed by atoms with van der Waals surface area (Å²) in [5.41, 5.74) is 0.395. The van der Waals surface area contributed by atoms with Gasteiger partial charge in [0.15, 0.2) is 0 Å². The van der Waals surface area contributed by atoms with E-state index in [4.69, 9.17) is 0 Å². The zero-order valence-electron chi connectivity index (χ0n) is 8.80. The Morgan fingerprint density at radius 3 is 2.17 bits per heavy atom. The quantitative estimate of drug-likeness (QED) is 0.690. The SMILES string of the molecule is CC(C)C(C)(C)CC1CCC1O. The van der Waals surface area contributed by atoms with Crippen LogP contribution < -0.4 is 0 Å². The molecule has 0 radical (unpaired) electrons. The second kappa shape index (κ2) is 3.37. The molecule has 1 saturated carbocycles. The Kier molecular flexibility index (Phi) is 2.82. The van der Waals surface area contributed by atoms with Crippen molar-refractivity contribution in [3.8, 4) is 0 Å². The molecule has 0 saturated heterocycles. The molecule has 1 aliphatic rings. The third-order valence-electron chi connectivity index (χ3n) is 3.73. The third-order valence-corrected chi connectivity index (χ3v) is 3.73. The minimum absolute atomic E-state index is 0.00280. The molecule has 1 nitrogen and oxygen atoms in total. The lowest BCUT2D eigenvalue weighted by Gasteiger charge is -2.40. The van der Waals surface area contributed by atoms with E-state index in [-0.39, 0.29) is 6.10 Å². The maximum absolute atomic E-state index is 9.45. The lowest BCUT2D eigenvalue weighted by molar-refractivity contribution is -0.00807. The van der Waals surface area contributed by atoms with Crippen LogP contribution >= 0.6 is 0 Å². The predicted octanol–water partition coefficient (Wildman–Crippen LogP) is 2.83. The highest BCUT2D eigenvalue weighted by Gasteiger charge is 2.35. The van der Waals surface area contributed by atoms with Crippen molar-refractivity contribution in [3.05, 3.63) is 0 Å². The first kappa shape index (κ1) is 10.0. The Bertz CT molecular complexity index is 149. The molecule has 1 N–H and O–H groups in total. The molecule has 12 heavy (non-hydrogen) atoms. The lowest BCUT2D eigenvalue weighted by atomic mass is 9.67. The molecule has 2 atom stereocenters. The summed E-state index contributed by atoms with van der Waals surface area (Å²) in [6.45, 7) is 9.15. The van der Waals surface area contributed by atoms with E-state index >= 15 is 0 Å². The van der Waals surface area contributed by atoms with Gasteiger partial charge in [0.05, 0.1) is 6.10 Å². The number of rotatable bonds is 3. The molecule has 0 aromatic heterocycles. The van der Waals surface area contributed by atoms with Crippen LogP contribution in [0.4, 0.5) is 0 Å². The summed E-state index contributed by atoms with van der Waals surface area (Å²) in [6.07, 6.45) is 3.45. The first-order chi connectivity index (χ1) is 5.43. The van der Waals surface area contributed by atoms with Gasteiger partial charge < -0.3 is 5.11 Å². The van der Waals surface area contributed by atoms with E-state index in [0.717, 1.165) is 6.42 Å². The molecule has 1 heteroatoms. The molecule has 0 aromatic rings. The van der Waals surface area contributed by atoms with Crippen LogP contribution in [0.2, 0.25) is 0 Å². The second-order valence-corrected chi connectivity index (χ2v) is 5.25. The van der Waals surface area contributed by atoms with E-state index < -0.39 is 0 Å². The van der Waals surface area contributed by atoms with Crippen LogP contribution in [0.15, 0.2) is 0 Å². The summed E-state index contributed by atoms with van der Waals surface area (Å²) < 4.78 is 0. The van der Waals surface area contributed by atoms with Gasteiger partial charge in [-0.25, -0.2) is 0 Å². The summed E-state index contributed by atoms with van der Waals surface area (Å²) in [7, 11) is 0. The third kappa shape index (κ3) is 2.01. The van der Waals surface area contributed by atoms with Crippen molar-refractivity contribution >= 4 is 0 Å². The summed E-state index contributed by atoms with van der Waals surface area (Å²) >= 11 is 0. The second-order valence-electron chi connectivity index (χ2n) is 5.25. The fourth-order valence-electron chi connectivity index (χ4n) is 1.70. The van der Waals surface area contributed by atoms with Crippen molar-refractivity contribution < 1.29 is 5.11 Å². The van der Waals surface area contributed by atoms with Crippen molar-refractivity contribution in [2.45, 2.75) is 53.1 Å². The van der Waals surface area contributed by atoms with Crippen molar-refractivity contribution in [3.63, 3.8) is 0 Å². The van der Waals surface area contributed by atoms with Crippen molar-refractivity contribution in [1.29, 1.82) is 0 Å². The molecule has 72 valence electrons. The summed E-state index contributed by atoms with van der Waals surface area (Å²) in [5, 5.41) is 9.45. The Morgan fingerprint density at radius 1 is 1.33 bits per heavy atom. The fraction of sp³-hybridized carbons (Fsp3) is 1.00. The number of aliphatic hydroxyl groups excluding tert-OH is 1. The molecule has 0 heterocycles. The zero-order chi connectivity index (χ0) is 9.35. The van der Waals surface area contributed by atoms with Gasteiger partial charge in [-0.2, -0.15) is 0 Å². The van der Waals surface area contributed by atoms with Gasteiger partial charge in [0, 0.05) is 0 Å². The van der Waals surface area contributed by atoms with Crippen LogP contribution in [0.25, 0.3) is 0 Å². The average molecular weight is 170 g/mol. The highest BCUT2D eigenvalue weighted by Crippen LogP contribution is 2.41. The Balaban J connectivity index is 2.38. The van der Waals surface area contributed by atoms with E-state index in [0.29, 0.717) is 17.3 Å². The molecule has 0 aromatic carbocycles. The monoisotopic (exact) mass is 170 g/mol. The van der Waals surface area contributed by atoms with Gasteiger partial charge in [-0.15, -0.1) is 0 Å². The summed E-state index contributed by atoms with van der Waals surface area (Å²) in [4.78, 5) is 0. The fourth-order valence-corrected chi connectivity index (χ4v) is 1.70. The van der Waals surface area contributed by atoms with Crippen LogP contribution in [0.5, 0.6) is 0 Å². The molecule has 0 aliphatic heterocycles. The number of hydrogen-bond acceptors (Lipinski definition) is 1. The van der Waals surface area contributed by atoms with Crippen molar-refractivity contribution in [1.82, 2.24) is 0 Å². The normalized spacial score (nSPS) is 30.5. The molecule has 1 aliphatic carbocycles. The molecule has 0 spiro atoms. The van der Waals surface area contributed by atoms with Gasteiger partial charge in [-0.05, 0) is 36.5 Å². The Labute approximate surface area is 76.2 Å². The van der Waals surface area contributed by atoms with E-state index in [1.165, 1.54) is 12.8 Å². The number of hydrogen-bond donors (Lipinski definition) is 1. The Hall–Kier alpha value is -0.0400. The first-order valence-electron chi connectivity index (χ1n) is 5.11. The van der Waals surface area contributed by atoms with Crippen LogP contribution in [-0.4, -0.2) is 11.2 Å². The molecule has 2 unspecified atom stereocenters. The van der Waals surface area contributed by atoms with Gasteiger partial charge in [-0.3, -0.25) is 0 Å². The van der Waals surface area contributed by atoms with Crippen molar-refractivity contribution in [2.75, 3.05) is 0 Å².